The second kappa shape index (κ2) is 12.9. The van der Waals surface area contributed by atoms with Gasteiger partial charge in [0.1, 0.15) is 6.04 Å². The topological polar surface area (TPSA) is 86.7 Å². The molecule has 0 saturated heterocycles. The van der Waals surface area contributed by atoms with Crippen molar-refractivity contribution < 1.29 is 50.5 Å². The maximum Gasteiger partial charge on any atom is 1.00 e. The number of hydrogen-bond acceptors (Lipinski definition) is 3. The molecular weight excluding hydrogens is 331 g/mol. The summed E-state index contributed by atoms with van der Waals surface area (Å²) in [5, 5.41) is 11.6. The van der Waals surface area contributed by atoms with Gasteiger partial charge >= 0.3 is 35.5 Å². The Balaban J connectivity index is 0. The summed E-state index contributed by atoms with van der Waals surface area (Å²) in [4.78, 5) is 37.6. The summed E-state index contributed by atoms with van der Waals surface area (Å²) in [7, 11) is 0. The molecule has 0 aliphatic rings. The molecule has 1 aromatic carbocycles. The quantitative estimate of drug-likeness (QED) is 0.548. The van der Waals surface area contributed by atoms with Gasteiger partial charge in [-0.3, -0.25) is 14.4 Å². The normalized spacial score (nSPS) is 11.1. The number of carbonyl (C=O) groups is 3. The molecule has 7 heteroatoms. The monoisotopic (exact) mass is 358 g/mol. The zero-order chi connectivity index (χ0) is 17.9. The second-order valence-corrected chi connectivity index (χ2v) is 5.65. The molecule has 0 aromatic heterocycles. The number of aliphatic carboxylic acids is 1. The van der Waals surface area contributed by atoms with Crippen molar-refractivity contribution in [2.24, 2.45) is 0 Å². The van der Waals surface area contributed by atoms with Crippen LogP contribution in [-0.2, 0) is 9.59 Å². The van der Waals surface area contributed by atoms with Crippen LogP contribution < -0.4 is 34.9 Å². The Hall–Kier alpha value is -1.37. The number of hydrogen-bond donors (Lipinski definition) is 2. The molecule has 0 fully saturated rings. The summed E-state index contributed by atoms with van der Waals surface area (Å²) < 4.78 is 0. The Morgan fingerprint density at radius 3 is 2.16 bits per heavy atom. The van der Waals surface area contributed by atoms with E-state index in [0.29, 0.717) is 18.7 Å². The van der Waals surface area contributed by atoms with Crippen LogP contribution in [0.2, 0.25) is 0 Å². The van der Waals surface area contributed by atoms with Crippen molar-refractivity contribution in [3.05, 3.63) is 35.9 Å². The molecule has 1 rings (SSSR count). The Kier molecular flexibility index (Phi) is 12.2. The SMILES string of the molecule is CCCN(CCC)C(=O)C(CCC(=O)O)NC(=O)c1ccccc1.[H-].[Na+]. The first-order chi connectivity index (χ1) is 11.5. The van der Waals surface area contributed by atoms with E-state index < -0.39 is 12.0 Å². The van der Waals surface area contributed by atoms with Gasteiger partial charge < -0.3 is 16.7 Å². The Labute approximate surface area is 172 Å². The molecule has 0 radical (unpaired) electrons. The minimum Gasteiger partial charge on any atom is -1.00 e. The van der Waals surface area contributed by atoms with Crippen molar-refractivity contribution in [3.8, 4) is 0 Å². The molecule has 134 valence electrons. The van der Waals surface area contributed by atoms with Gasteiger partial charge in [-0.15, -0.1) is 0 Å². The van der Waals surface area contributed by atoms with Gasteiger partial charge in [0.25, 0.3) is 5.91 Å². The molecule has 1 aromatic rings. The molecule has 2 N–H and O–H groups in total. The average Bonchev–Trinajstić information content (AvgIpc) is 2.58. The maximum absolute atomic E-state index is 12.7. The van der Waals surface area contributed by atoms with Gasteiger partial charge in [-0.2, -0.15) is 0 Å². The van der Waals surface area contributed by atoms with Crippen molar-refractivity contribution >= 4 is 17.8 Å². The van der Waals surface area contributed by atoms with Crippen LogP contribution in [0, 0.1) is 0 Å². The molecular formula is C18H27N2NaO4. The number of nitrogens with one attached hydrogen (secondary N) is 1. The fourth-order valence-electron chi connectivity index (χ4n) is 2.45. The fraction of sp³-hybridized carbons (Fsp3) is 0.500. The van der Waals surface area contributed by atoms with E-state index >= 15 is 0 Å². The zero-order valence-electron chi connectivity index (χ0n) is 16.3. The molecule has 6 nitrogen and oxygen atoms in total. The summed E-state index contributed by atoms with van der Waals surface area (Å²) in [5.74, 6) is -1.57. The molecule has 0 spiro atoms. The molecule has 2 amide bonds. The number of carboxylic acids is 1. The number of carboxylic acid groups (broad SMARTS) is 1. The number of rotatable bonds is 10. The van der Waals surface area contributed by atoms with Gasteiger partial charge in [0.2, 0.25) is 5.91 Å². The minimum absolute atomic E-state index is 0. The van der Waals surface area contributed by atoms with Crippen molar-refractivity contribution in [1.29, 1.82) is 0 Å². The first kappa shape index (κ1) is 23.6. The van der Waals surface area contributed by atoms with Crippen LogP contribution in [0.4, 0.5) is 0 Å². The van der Waals surface area contributed by atoms with E-state index in [1.165, 1.54) is 0 Å². The van der Waals surface area contributed by atoms with Crippen molar-refractivity contribution in [1.82, 2.24) is 10.2 Å². The van der Waals surface area contributed by atoms with Gasteiger partial charge in [0.05, 0.1) is 0 Å². The van der Waals surface area contributed by atoms with Gasteiger partial charge in [-0.05, 0) is 31.4 Å². The standard InChI is InChI=1S/C18H26N2O4.Na.H/c1-3-12-20(13-4-2)18(24)15(10-11-16(21)22)19-17(23)14-8-6-5-7-9-14;;/h5-9,15H,3-4,10-13H2,1-2H3,(H,19,23)(H,21,22);;/q;+1;-1. The minimum atomic E-state index is -0.987. The van der Waals surface area contributed by atoms with E-state index in [0.717, 1.165) is 12.8 Å². The molecule has 0 heterocycles. The molecule has 1 atom stereocenters. The van der Waals surface area contributed by atoms with E-state index in [1.807, 2.05) is 13.8 Å². The van der Waals surface area contributed by atoms with Gasteiger partial charge in [0.15, 0.2) is 0 Å². The smallest absolute Gasteiger partial charge is 1.00 e. The predicted octanol–water partition coefficient (Wildman–Crippen LogP) is -0.585. The Bertz CT molecular complexity index is 551. The van der Waals surface area contributed by atoms with E-state index in [-0.39, 0.29) is 55.6 Å². The van der Waals surface area contributed by atoms with Crippen molar-refractivity contribution in [3.63, 3.8) is 0 Å². The first-order valence-electron chi connectivity index (χ1n) is 8.36. The number of benzene rings is 1. The molecule has 0 saturated carbocycles. The van der Waals surface area contributed by atoms with Gasteiger partial charge in [0, 0.05) is 25.1 Å². The molecule has 0 aliphatic heterocycles. The van der Waals surface area contributed by atoms with Crippen LogP contribution >= 0.6 is 0 Å². The Morgan fingerprint density at radius 1 is 1.12 bits per heavy atom. The maximum atomic E-state index is 12.7. The van der Waals surface area contributed by atoms with E-state index in [9.17, 15) is 14.4 Å². The first-order valence-corrected chi connectivity index (χ1v) is 8.36. The molecule has 0 bridgehead atoms. The number of nitrogens with zero attached hydrogens (tertiary/aromatic N) is 1. The van der Waals surface area contributed by atoms with Gasteiger partial charge in [-0.1, -0.05) is 32.0 Å². The second-order valence-electron chi connectivity index (χ2n) is 5.65. The third-order valence-electron chi connectivity index (χ3n) is 3.58. The number of amides is 2. The van der Waals surface area contributed by atoms with Crippen LogP contribution in [0.1, 0.15) is 51.3 Å². The predicted molar refractivity (Wildman–Crippen MR) is 92.8 cm³/mol. The summed E-state index contributed by atoms with van der Waals surface area (Å²) in [6, 6.07) is 7.77. The van der Waals surface area contributed by atoms with E-state index in [1.54, 1.807) is 35.2 Å². The number of carbonyl (C=O) groups excluding carboxylic acids is 2. The average molecular weight is 358 g/mol. The molecule has 0 aliphatic carbocycles. The Morgan fingerprint density at radius 2 is 1.68 bits per heavy atom. The van der Waals surface area contributed by atoms with Crippen molar-refractivity contribution in [2.75, 3.05) is 13.1 Å². The largest absolute Gasteiger partial charge is 1.00 e. The van der Waals surface area contributed by atoms with E-state index in [4.69, 9.17) is 5.11 Å². The molecule has 1 unspecified atom stereocenters. The van der Waals surface area contributed by atoms with Crippen LogP contribution in [0.3, 0.4) is 0 Å². The third-order valence-corrected chi connectivity index (χ3v) is 3.58. The summed E-state index contributed by atoms with van der Waals surface area (Å²) in [6.07, 6.45) is 1.53. The van der Waals surface area contributed by atoms with Crippen LogP contribution in [0.15, 0.2) is 30.3 Å². The third kappa shape index (κ3) is 8.52. The van der Waals surface area contributed by atoms with E-state index in [2.05, 4.69) is 5.32 Å². The summed E-state index contributed by atoms with van der Waals surface area (Å²) >= 11 is 0. The van der Waals surface area contributed by atoms with Crippen LogP contribution in [0.5, 0.6) is 0 Å². The fourth-order valence-corrected chi connectivity index (χ4v) is 2.45. The molecule has 25 heavy (non-hydrogen) atoms. The van der Waals surface area contributed by atoms with Crippen LogP contribution in [-0.4, -0.2) is 46.9 Å². The summed E-state index contributed by atoms with van der Waals surface area (Å²) in [5.41, 5.74) is 0.447. The summed E-state index contributed by atoms with van der Waals surface area (Å²) in [6.45, 7) is 5.14. The van der Waals surface area contributed by atoms with Crippen molar-refractivity contribution in [2.45, 2.75) is 45.6 Å². The van der Waals surface area contributed by atoms with Gasteiger partial charge in [-0.25, -0.2) is 0 Å². The zero-order valence-corrected chi connectivity index (χ0v) is 17.3. The van der Waals surface area contributed by atoms with Crippen LogP contribution in [0.25, 0.3) is 0 Å².